The van der Waals surface area contributed by atoms with Crippen molar-refractivity contribution in [3.63, 3.8) is 0 Å². The van der Waals surface area contributed by atoms with E-state index in [1.165, 1.54) is 30.3 Å². The third-order valence-corrected chi connectivity index (χ3v) is 7.04. The van der Waals surface area contributed by atoms with Gasteiger partial charge in [0.1, 0.15) is 18.2 Å². The van der Waals surface area contributed by atoms with Crippen LogP contribution in [0.5, 0.6) is 5.88 Å². The zero-order chi connectivity index (χ0) is 26.5. The molecule has 1 aromatic carbocycles. The largest absolute Gasteiger partial charge is 0.473 e. The number of halogens is 1. The average molecular weight is 515 g/mol. The molecule has 1 aliphatic rings. The molecule has 1 aromatic heterocycles. The Labute approximate surface area is 211 Å². The van der Waals surface area contributed by atoms with E-state index in [4.69, 9.17) is 4.74 Å². The predicted octanol–water partition coefficient (Wildman–Crippen LogP) is 4.21. The predicted molar refractivity (Wildman–Crippen MR) is 136 cm³/mol. The lowest BCUT2D eigenvalue weighted by Crippen LogP contribution is -2.39. The molecule has 1 saturated heterocycles. The summed E-state index contributed by atoms with van der Waals surface area (Å²) in [5.74, 6) is -0.628. The highest BCUT2D eigenvalue weighted by atomic mass is 32.2. The monoisotopic (exact) mass is 514 g/mol. The molecule has 0 bridgehead atoms. The molecular formula is C26H31FN4O4S. The van der Waals surface area contributed by atoms with E-state index < -0.39 is 26.8 Å². The van der Waals surface area contributed by atoms with Crippen LogP contribution in [0.1, 0.15) is 39.7 Å². The number of sulfonamides is 1. The van der Waals surface area contributed by atoms with Crippen LogP contribution in [0.15, 0.2) is 76.5 Å². The van der Waals surface area contributed by atoms with E-state index in [0.29, 0.717) is 23.8 Å². The van der Waals surface area contributed by atoms with Gasteiger partial charge in [0.2, 0.25) is 5.88 Å². The minimum absolute atomic E-state index is 0.0304. The molecule has 1 unspecified atom stereocenters. The molecule has 2 aromatic rings. The summed E-state index contributed by atoms with van der Waals surface area (Å²) in [7, 11) is -4.36. The molecule has 10 heteroatoms. The fraction of sp³-hybridized carbons (Fsp3) is 0.346. The Kier molecular flexibility index (Phi) is 8.29. The zero-order valence-electron chi connectivity index (χ0n) is 20.9. The van der Waals surface area contributed by atoms with Gasteiger partial charge in [-0.1, -0.05) is 43.8 Å². The highest BCUT2D eigenvalue weighted by Crippen LogP contribution is 2.37. The van der Waals surface area contributed by atoms with Crippen molar-refractivity contribution in [1.82, 2.24) is 14.6 Å². The van der Waals surface area contributed by atoms with Crippen LogP contribution in [-0.2, 0) is 21.4 Å². The van der Waals surface area contributed by atoms with E-state index >= 15 is 0 Å². The maximum absolute atomic E-state index is 13.8. The van der Waals surface area contributed by atoms with Gasteiger partial charge in [-0.15, -0.1) is 0 Å². The number of nitrogens with zero attached hydrogens (tertiary/aromatic N) is 3. The van der Waals surface area contributed by atoms with E-state index in [2.05, 4.69) is 28.2 Å². The number of benzene rings is 1. The summed E-state index contributed by atoms with van der Waals surface area (Å²) in [5, 5.41) is -0.416. The molecule has 1 atom stereocenters. The fourth-order valence-corrected chi connectivity index (χ4v) is 5.20. The Morgan fingerprint density at radius 2 is 2.03 bits per heavy atom. The van der Waals surface area contributed by atoms with Crippen molar-refractivity contribution < 1.29 is 22.3 Å². The van der Waals surface area contributed by atoms with Gasteiger partial charge in [0, 0.05) is 29.9 Å². The standard InChI is InChI=1S/C26H31FN4O4S/c1-6-20(24(28-7-2)31-16-18(3)15-26(31,4)5)25(32)30-36(33,34)23-14-10-13-22(29-23)35-17-19-11-8-9-12-21(19)27/h6-14,18H,1,15-17H2,2-5H3,(H,30,32)/b24-20-,28-7?. The van der Waals surface area contributed by atoms with Gasteiger partial charge in [-0.05, 0) is 45.2 Å². The summed E-state index contributed by atoms with van der Waals surface area (Å²) in [4.78, 5) is 23.5. The van der Waals surface area contributed by atoms with E-state index in [0.717, 1.165) is 6.42 Å². The molecule has 0 aliphatic carbocycles. The van der Waals surface area contributed by atoms with Crippen molar-refractivity contribution in [2.24, 2.45) is 10.9 Å². The van der Waals surface area contributed by atoms with Crippen molar-refractivity contribution in [3.8, 4) is 5.88 Å². The maximum Gasteiger partial charge on any atom is 0.281 e. The van der Waals surface area contributed by atoms with Gasteiger partial charge >= 0.3 is 0 Å². The first-order valence-electron chi connectivity index (χ1n) is 11.5. The molecule has 0 radical (unpaired) electrons. The normalized spacial score (nSPS) is 18.1. The smallest absolute Gasteiger partial charge is 0.281 e. The molecule has 1 amide bonds. The first kappa shape index (κ1) is 27.1. The lowest BCUT2D eigenvalue weighted by Gasteiger charge is -2.34. The van der Waals surface area contributed by atoms with Gasteiger partial charge in [-0.2, -0.15) is 13.4 Å². The number of hydrogen-bond acceptors (Lipinski definition) is 7. The molecule has 192 valence electrons. The molecule has 1 aliphatic heterocycles. The van der Waals surface area contributed by atoms with E-state index in [1.807, 2.05) is 18.7 Å². The molecule has 3 rings (SSSR count). The van der Waals surface area contributed by atoms with Gasteiger partial charge < -0.3 is 9.64 Å². The summed E-state index contributed by atoms with van der Waals surface area (Å²) in [6, 6.07) is 10.2. The number of aliphatic imine (C=N–C) groups is 1. The number of ether oxygens (including phenoxy) is 1. The second-order valence-electron chi connectivity index (χ2n) is 9.19. The number of pyridine rings is 1. The topological polar surface area (TPSA) is 101 Å². The van der Waals surface area contributed by atoms with Crippen LogP contribution in [0, 0.1) is 11.7 Å². The molecule has 1 N–H and O–H groups in total. The number of likely N-dealkylation sites (tertiary alicyclic amines) is 1. The number of rotatable bonds is 9. The number of aromatic nitrogens is 1. The second kappa shape index (κ2) is 11.0. The van der Waals surface area contributed by atoms with Gasteiger partial charge in [-0.3, -0.25) is 4.79 Å². The molecule has 0 saturated carbocycles. The first-order valence-corrected chi connectivity index (χ1v) is 13.0. The number of carbonyl (C=O) groups excluding carboxylic acids is 1. The van der Waals surface area contributed by atoms with Gasteiger partial charge in [0.15, 0.2) is 5.03 Å². The van der Waals surface area contributed by atoms with Crippen molar-refractivity contribution in [1.29, 1.82) is 0 Å². The Morgan fingerprint density at radius 3 is 2.64 bits per heavy atom. The summed E-state index contributed by atoms with van der Waals surface area (Å²) < 4.78 is 47.4. The number of carbonyl (C=O) groups is 1. The van der Waals surface area contributed by atoms with Gasteiger partial charge in [-0.25, -0.2) is 14.1 Å². The average Bonchev–Trinajstić information content (AvgIpc) is 3.09. The van der Waals surface area contributed by atoms with E-state index in [1.54, 1.807) is 31.3 Å². The third-order valence-electron chi connectivity index (χ3n) is 5.80. The van der Waals surface area contributed by atoms with Crippen LogP contribution in [-0.4, -0.2) is 42.5 Å². The third kappa shape index (κ3) is 6.17. The summed E-state index contributed by atoms with van der Waals surface area (Å²) in [6.45, 7) is 12.2. The molecule has 36 heavy (non-hydrogen) atoms. The van der Waals surface area contributed by atoms with E-state index in [9.17, 15) is 17.6 Å². The minimum Gasteiger partial charge on any atom is -0.473 e. The quantitative estimate of drug-likeness (QED) is 0.306. The summed E-state index contributed by atoms with van der Waals surface area (Å²) in [6.07, 6.45) is 3.74. The van der Waals surface area contributed by atoms with Crippen molar-refractivity contribution in [3.05, 3.63) is 77.9 Å². The maximum atomic E-state index is 13.8. The van der Waals surface area contributed by atoms with Gasteiger partial charge in [0.05, 0.1) is 5.57 Å². The number of hydrogen-bond donors (Lipinski definition) is 1. The summed E-state index contributed by atoms with van der Waals surface area (Å²) in [5.41, 5.74) is 0.0516. The fourth-order valence-electron chi connectivity index (χ4n) is 4.27. The molecule has 1 fully saturated rings. The van der Waals surface area contributed by atoms with Crippen molar-refractivity contribution in [2.45, 2.75) is 51.3 Å². The molecule has 0 spiro atoms. The second-order valence-corrected chi connectivity index (χ2v) is 10.8. The molecular weight excluding hydrogens is 483 g/mol. The van der Waals surface area contributed by atoms with Crippen LogP contribution < -0.4 is 9.46 Å². The van der Waals surface area contributed by atoms with Crippen LogP contribution in [0.2, 0.25) is 0 Å². The summed E-state index contributed by atoms with van der Waals surface area (Å²) >= 11 is 0. The van der Waals surface area contributed by atoms with Crippen molar-refractivity contribution >= 4 is 22.1 Å². The van der Waals surface area contributed by atoms with Crippen LogP contribution in [0.4, 0.5) is 4.39 Å². The Bertz CT molecular complexity index is 1300. The Balaban J connectivity index is 1.85. The molecule has 8 nitrogen and oxygen atoms in total. The highest BCUT2D eigenvalue weighted by molar-refractivity contribution is 7.90. The first-order chi connectivity index (χ1) is 17.0. The van der Waals surface area contributed by atoms with Crippen molar-refractivity contribution in [2.75, 3.05) is 6.54 Å². The van der Waals surface area contributed by atoms with Crippen LogP contribution in [0.25, 0.3) is 0 Å². The Morgan fingerprint density at radius 1 is 1.31 bits per heavy atom. The SMILES string of the molecule is C=C/C(C(=O)NS(=O)(=O)c1cccc(OCc2ccccc2F)n1)=C(\N=CC)N1CC(C)CC1(C)C. The van der Waals surface area contributed by atoms with Crippen LogP contribution >= 0.6 is 0 Å². The van der Waals surface area contributed by atoms with Gasteiger partial charge in [0.25, 0.3) is 15.9 Å². The van der Waals surface area contributed by atoms with E-state index in [-0.39, 0.29) is 23.6 Å². The number of amides is 1. The van der Waals surface area contributed by atoms with Crippen LogP contribution in [0.3, 0.4) is 0 Å². The number of nitrogens with one attached hydrogen (secondary N) is 1. The zero-order valence-corrected chi connectivity index (χ0v) is 21.7. The Hall–Kier alpha value is -3.53. The lowest BCUT2D eigenvalue weighted by atomic mass is 9.97. The highest BCUT2D eigenvalue weighted by Gasteiger charge is 2.39. The molecule has 2 heterocycles. The lowest BCUT2D eigenvalue weighted by molar-refractivity contribution is -0.115. The minimum atomic E-state index is -4.36.